The summed E-state index contributed by atoms with van der Waals surface area (Å²) in [6, 6.07) is 17.7. The molecule has 0 radical (unpaired) electrons. The molecule has 0 amide bonds. The highest BCUT2D eigenvalue weighted by Crippen LogP contribution is 2.28. The van der Waals surface area contributed by atoms with Crippen molar-refractivity contribution < 1.29 is 0 Å². The second kappa shape index (κ2) is 6.86. The van der Waals surface area contributed by atoms with Gasteiger partial charge in [0.05, 0.1) is 11.8 Å². The smallest absolute Gasteiger partial charge is 0.197 e. The molecule has 6 heteroatoms. The summed E-state index contributed by atoms with van der Waals surface area (Å²) in [6.07, 6.45) is 0. The van der Waals surface area contributed by atoms with Crippen molar-refractivity contribution in [2.75, 3.05) is 5.75 Å². The standard InChI is InChI=1S/C17H13ClN4S/c1-12-3-2-4-15(11-12)22-16(13-5-7-14(18)8-6-13)20-21-17(22)23-10-9-19/h2-8,11H,10H2,1H3. The Balaban J connectivity index is 2.15. The van der Waals surface area contributed by atoms with Crippen molar-refractivity contribution in [3.05, 3.63) is 59.1 Å². The van der Waals surface area contributed by atoms with Crippen molar-refractivity contribution in [2.45, 2.75) is 12.1 Å². The van der Waals surface area contributed by atoms with Crippen LogP contribution >= 0.6 is 23.4 Å². The van der Waals surface area contributed by atoms with Crippen LogP contribution in [0.3, 0.4) is 0 Å². The molecule has 0 saturated heterocycles. The van der Waals surface area contributed by atoms with E-state index in [1.54, 1.807) is 0 Å². The molecule has 0 aliphatic rings. The Morgan fingerprint density at radius 3 is 2.65 bits per heavy atom. The zero-order valence-electron chi connectivity index (χ0n) is 12.4. The molecule has 0 spiro atoms. The van der Waals surface area contributed by atoms with E-state index < -0.39 is 0 Å². The minimum atomic E-state index is 0.324. The van der Waals surface area contributed by atoms with Crippen LogP contribution < -0.4 is 0 Å². The molecule has 3 aromatic rings. The first kappa shape index (κ1) is 15.6. The lowest BCUT2D eigenvalue weighted by molar-refractivity contribution is 0.887. The molecule has 114 valence electrons. The summed E-state index contributed by atoms with van der Waals surface area (Å²) in [6.45, 7) is 2.04. The van der Waals surface area contributed by atoms with Crippen molar-refractivity contribution in [1.82, 2.24) is 14.8 Å². The number of hydrogen-bond acceptors (Lipinski definition) is 4. The Hall–Kier alpha value is -2.29. The normalized spacial score (nSPS) is 10.5. The molecule has 0 unspecified atom stereocenters. The van der Waals surface area contributed by atoms with E-state index in [-0.39, 0.29) is 0 Å². The molecule has 1 aromatic heterocycles. The van der Waals surface area contributed by atoms with Crippen molar-refractivity contribution in [3.63, 3.8) is 0 Å². The van der Waals surface area contributed by atoms with Gasteiger partial charge < -0.3 is 0 Å². The quantitative estimate of drug-likeness (QED) is 0.655. The van der Waals surface area contributed by atoms with Gasteiger partial charge in [0, 0.05) is 16.3 Å². The summed E-state index contributed by atoms with van der Waals surface area (Å²) in [5.41, 5.74) is 3.04. The first-order valence-electron chi connectivity index (χ1n) is 6.97. The Bertz CT molecular complexity index is 865. The highest BCUT2D eigenvalue weighted by Gasteiger charge is 2.16. The fraction of sp³-hybridized carbons (Fsp3) is 0.118. The van der Waals surface area contributed by atoms with E-state index in [0.717, 1.165) is 22.6 Å². The van der Waals surface area contributed by atoms with Gasteiger partial charge in [0.2, 0.25) is 0 Å². The lowest BCUT2D eigenvalue weighted by atomic mass is 10.2. The van der Waals surface area contributed by atoms with Crippen molar-refractivity contribution in [1.29, 1.82) is 5.26 Å². The van der Waals surface area contributed by atoms with Gasteiger partial charge in [-0.1, -0.05) is 35.5 Å². The maximum Gasteiger partial charge on any atom is 0.197 e. The predicted molar refractivity (Wildman–Crippen MR) is 92.9 cm³/mol. The number of aryl methyl sites for hydroxylation is 1. The first-order chi connectivity index (χ1) is 11.2. The van der Waals surface area contributed by atoms with Gasteiger partial charge in [-0.2, -0.15) is 5.26 Å². The molecule has 0 fully saturated rings. The van der Waals surface area contributed by atoms with Gasteiger partial charge in [-0.3, -0.25) is 4.57 Å². The van der Waals surface area contributed by atoms with E-state index in [0.29, 0.717) is 15.9 Å². The van der Waals surface area contributed by atoms with Crippen LogP contribution in [-0.4, -0.2) is 20.5 Å². The van der Waals surface area contributed by atoms with Crippen LogP contribution in [0.5, 0.6) is 0 Å². The van der Waals surface area contributed by atoms with Gasteiger partial charge in [-0.15, -0.1) is 10.2 Å². The predicted octanol–water partition coefficient (Wildman–Crippen LogP) is 4.51. The van der Waals surface area contributed by atoms with Crippen LogP contribution in [0, 0.1) is 18.3 Å². The van der Waals surface area contributed by atoms with Crippen molar-refractivity contribution in [2.24, 2.45) is 0 Å². The topological polar surface area (TPSA) is 54.5 Å². The number of nitrogens with zero attached hydrogens (tertiary/aromatic N) is 4. The van der Waals surface area contributed by atoms with Gasteiger partial charge in [-0.25, -0.2) is 0 Å². The maximum absolute atomic E-state index is 8.84. The summed E-state index contributed by atoms with van der Waals surface area (Å²) in [4.78, 5) is 0. The monoisotopic (exact) mass is 340 g/mol. The minimum Gasteiger partial charge on any atom is -0.270 e. The molecule has 0 N–H and O–H groups in total. The zero-order valence-corrected chi connectivity index (χ0v) is 14.0. The summed E-state index contributed by atoms with van der Waals surface area (Å²) in [7, 11) is 0. The summed E-state index contributed by atoms with van der Waals surface area (Å²) >= 11 is 7.34. The highest BCUT2D eigenvalue weighted by atomic mass is 35.5. The van der Waals surface area contributed by atoms with Crippen LogP contribution in [0.15, 0.2) is 53.7 Å². The minimum absolute atomic E-state index is 0.324. The maximum atomic E-state index is 8.84. The van der Waals surface area contributed by atoms with Crippen LogP contribution in [0.4, 0.5) is 0 Å². The fourth-order valence-electron chi connectivity index (χ4n) is 2.25. The van der Waals surface area contributed by atoms with E-state index in [1.165, 1.54) is 11.8 Å². The number of benzene rings is 2. The van der Waals surface area contributed by atoms with Crippen molar-refractivity contribution >= 4 is 23.4 Å². The number of nitriles is 1. The van der Waals surface area contributed by atoms with Crippen LogP contribution in [-0.2, 0) is 0 Å². The molecule has 0 aliphatic heterocycles. The molecule has 23 heavy (non-hydrogen) atoms. The van der Waals surface area contributed by atoms with Gasteiger partial charge >= 0.3 is 0 Å². The SMILES string of the molecule is Cc1cccc(-n2c(SCC#N)nnc2-c2ccc(Cl)cc2)c1. The largest absolute Gasteiger partial charge is 0.270 e. The number of rotatable bonds is 4. The number of thioether (sulfide) groups is 1. The van der Waals surface area contributed by atoms with E-state index in [4.69, 9.17) is 16.9 Å². The first-order valence-corrected chi connectivity index (χ1v) is 8.33. The van der Waals surface area contributed by atoms with Gasteiger partial charge in [0.25, 0.3) is 0 Å². The molecule has 4 nitrogen and oxygen atoms in total. The summed E-state index contributed by atoms with van der Waals surface area (Å²) < 4.78 is 1.97. The molecule has 2 aromatic carbocycles. The van der Waals surface area contributed by atoms with E-state index in [1.807, 2.05) is 54.0 Å². The molecular formula is C17H13ClN4S. The highest BCUT2D eigenvalue weighted by molar-refractivity contribution is 7.99. The van der Waals surface area contributed by atoms with Crippen LogP contribution in [0.25, 0.3) is 17.1 Å². The van der Waals surface area contributed by atoms with Crippen molar-refractivity contribution in [3.8, 4) is 23.1 Å². The molecular weight excluding hydrogens is 328 g/mol. The fourth-order valence-corrected chi connectivity index (χ4v) is 2.99. The third-order valence-corrected chi connectivity index (χ3v) is 4.31. The van der Waals surface area contributed by atoms with Gasteiger partial charge in [0.1, 0.15) is 0 Å². The third-order valence-electron chi connectivity index (χ3n) is 3.26. The van der Waals surface area contributed by atoms with E-state index >= 15 is 0 Å². The summed E-state index contributed by atoms with van der Waals surface area (Å²) in [5.74, 6) is 1.05. The van der Waals surface area contributed by atoms with Crippen LogP contribution in [0.2, 0.25) is 5.02 Å². The molecule has 0 atom stereocenters. The second-order valence-corrected chi connectivity index (χ2v) is 6.31. The second-order valence-electron chi connectivity index (χ2n) is 4.93. The molecule has 3 rings (SSSR count). The molecule has 0 saturated carbocycles. The van der Waals surface area contributed by atoms with Gasteiger partial charge in [-0.05, 0) is 48.9 Å². The Kier molecular flexibility index (Phi) is 4.65. The van der Waals surface area contributed by atoms with E-state index in [2.05, 4.69) is 22.3 Å². The average molecular weight is 341 g/mol. The van der Waals surface area contributed by atoms with Gasteiger partial charge in [0.15, 0.2) is 11.0 Å². The summed E-state index contributed by atoms with van der Waals surface area (Å²) in [5, 5.41) is 18.8. The third kappa shape index (κ3) is 3.39. The zero-order chi connectivity index (χ0) is 16.2. The lowest BCUT2D eigenvalue weighted by Gasteiger charge is -2.10. The van der Waals surface area contributed by atoms with Crippen LogP contribution in [0.1, 0.15) is 5.56 Å². The Morgan fingerprint density at radius 2 is 1.96 bits per heavy atom. The van der Waals surface area contributed by atoms with E-state index in [9.17, 15) is 0 Å². The number of aromatic nitrogens is 3. The number of hydrogen-bond donors (Lipinski definition) is 0. The Morgan fingerprint density at radius 1 is 1.17 bits per heavy atom. The molecule has 0 bridgehead atoms. The lowest BCUT2D eigenvalue weighted by Crippen LogP contribution is -2.00. The Labute approximate surface area is 143 Å². The number of halogens is 1. The molecule has 1 heterocycles. The average Bonchev–Trinajstić information content (AvgIpc) is 2.97. The molecule has 0 aliphatic carbocycles.